The first kappa shape index (κ1) is 26.9. The highest BCUT2D eigenvalue weighted by atomic mass is 19.4. The Balaban J connectivity index is 1.86. The summed E-state index contributed by atoms with van der Waals surface area (Å²) in [6.45, 7) is 2.13. The van der Waals surface area contributed by atoms with Crippen molar-refractivity contribution in [1.29, 1.82) is 0 Å². The molecule has 9 nitrogen and oxygen atoms in total. The van der Waals surface area contributed by atoms with E-state index in [2.05, 4.69) is 20.4 Å². The van der Waals surface area contributed by atoms with Crippen molar-refractivity contribution >= 4 is 28.8 Å². The minimum Gasteiger partial charge on any atom is -0.347 e. The van der Waals surface area contributed by atoms with Crippen LogP contribution >= 0.6 is 0 Å². The lowest BCUT2D eigenvalue weighted by Crippen LogP contribution is -2.39. The molecule has 0 radical (unpaired) electrons. The third-order valence-corrected chi connectivity index (χ3v) is 5.53. The maximum absolute atomic E-state index is 14.8. The van der Waals surface area contributed by atoms with Crippen molar-refractivity contribution in [3.05, 3.63) is 63.7 Å². The summed E-state index contributed by atoms with van der Waals surface area (Å²) in [5, 5.41) is 4.48. The molecule has 0 bridgehead atoms. The van der Waals surface area contributed by atoms with Gasteiger partial charge in [0.05, 0.1) is 18.0 Å². The third-order valence-electron chi connectivity index (χ3n) is 5.53. The van der Waals surface area contributed by atoms with Crippen LogP contribution in [-0.4, -0.2) is 53.1 Å². The lowest BCUT2D eigenvalue weighted by Gasteiger charge is -2.19. The van der Waals surface area contributed by atoms with Gasteiger partial charge in [-0.1, -0.05) is 0 Å². The number of nitrogens with zero attached hydrogens (tertiary/aromatic N) is 3. The van der Waals surface area contributed by atoms with Gasteiger partial charge < -0.3 is 10.6 Å². The van der Waals surface area contributed by atoms with Gasteiger partial charge in [-0.25, -0.2) is 22.9 Å². The lowest BCUT2D eigenvalue weighted by atomic mass is 10.1. The van der Waals surface area contributed by atoms with Crippen LogP contribution in [0.3, 0.4) is 0 Å². The fourth-order valence-corrected chi connectivity index (χ4v) is 3.89. The Bertz CT molecular complexity index is 1470. The Morgan fingerprint density at radius 1 is 1.21 bits per heavy atom. The Hall–Kier alpha value is -4.14. The zero-order chi connectivity index (χ0) is 27.9. The Labute approximate surface area is 210 Å². The summed E-state index contributed by atoms with van der Waals surface area (Å²) in [5.74, 6) is -5.17. The van der Waals surface area contributed by atoms with Gasteiger partial charge in [0.1, 0.15) is 22.9 Å². The highest BCUT2D eigenvalue weighted by Crippen LogP contribution is 2.26. The molecule has 3 aromatic rings. The summed E-state index contributed by atoms with van der Waals surface area (Å²) in [4.78, 5) is 43.7. The van der Waals surface area contributed by atoms with Crippen molar-refractivity contribution in [3.63, 3.8) is 0 Å². The number of pyridine rings is 2. The van der Waals surface area contributed by atoms with Crippen molar-refractivity contribution in [2.75, 3.05) is 18.1 Å². The van der Waals surface area contributed by atoms with E-state index in [0.717, 1.165) is 6.20 Å². The predicted molar refractivity (Wildman–Crippen MR) is 121 cm³/mol. The van der Waals surface area contributed by atoms with Gasteiger partial charge >= 0.3 is 12.4 Å². The molecular formula is C23H19F6N5O4. The van der Waals surface area contributed by atoms with Gasteiger partial charge in [-0.15, -0.1) is 13.2 Å². The van der Waals surface area contributed by atoms with E-state index in [1.807, 2.05) is 0 Å². The Morgan fingerprint density at radius 3 is 2.45 bits per heavy atom. The number of carbonyl (C=O) groups excluding carboxylic acids is 2. The molecule has 2 N–H and O–H groups in total. The van der Waals surface area contributed by atoms with Crippen LogP contribution in [0.4, 0.5) is 37.0 Å². The van der Waals surface area contributed by atoms with Gasteiger partial charge in [-0.2, -0.15) is 0 Å². The average molecular weight is 543 g/mol. The molecule has 1 fully saturated rings. The number of carbonyl (C=O) groups is 2. The van der Waals surface area contributed by atoms with Gasteiger partial charge in [0.25, 0.3) is 5.91 Å². The lowest BCUT2D eigenvalue weighted by molar-refractivity contribution is -0.325. The number of aromatic nitrogens is 2. The van der Waals surface area contributed by atoms with Gasteiger partial charge in [0, 0.05) is 30.9 Å². The van der Waals surface area contributed by atoms with E-state index in [1.165, 1.54) is 24.0 Å². The molecule has 3 heterocycles. The van der Waals surface area contributed by atoms with Crippen LogP contribution in [0.1, 0.15) is 24.2 Å². The predicted octanol–water partition coefficient (Wildman–Crippen LogP) is 3.38. The number of rotatable bonds is 6. The molecule has 4 rings (SSSR count). The van der Waals surface area contributed by atoms with Crippen molar-refractivity contribution in [1.82, 2.24) is 20.2 Å². The molecule has 1 aliphatic heterocycles. The third kappa shape index (κ3) is 5.41. The maximum atomic E-state index is 14.8. The smallest absolute Gasteiger partial charge is 0.347 e. The molecule has 3 amide bonds. The highest BCUT2D eigenvalue weighted by Gasteiger charge is 2.31. The van der Waals surface area contributed by atoms with Crippen molar-refractivity contribution < 1.29 is 40.7 Å². The molecule has 2 atom stereocenters. The summed E-state index contributed by atoms with van der Waals surface area (Å²) >= 11 is 0. The van der Waals surface area contributed by atoms with Crippen LogP contribution in [0.25, 0.3) is 16.7 Å². The molecule has 0 saturated carbocycles. The summed E-state index contributed by atoms with van der Waals surface area (Å²) in [5.41, 5.74) is -2.91. The molecule has 38 heavy (non-hydrogen) atoms. The van der Waals surface area contributed by atoms with Crippen molar-refractivity contribution in [2.24, 2.45) is 0 Å². The highest BCUT2D eigenvalue weighted by molar-refractivity contribution is 5.98. The topological polar surface area (TPSA) is 106 Å². The molecular weight excluding hydrogens is 524 g/mol. The number of benzene rings is 1. The van der Waals surface area contributed by atoms with E-state index >= 15 is 0 Å². The van der Waals surface area contributed by atoms with Crippen molar-refractivity contribution in [2.45, 2.75) is 32.3 Å². The number of alkyl halides is 3. The number of halogens is 6. The first-order valence-electron chi connectivity index (χ1n) is 11.1. The Kier molecular flexibility index (Phi) is 7.06. The van der Waals surface area contributed by atoms with Crippen LogP contribution in [0, 0.1) is 17.5 Å². The number of hydrogen-bond acceptors (Lipinski definition) is 5. The molecule has 2 unspecified atom stereocenters. The van der Waals surface area contributed by atoms with Crippen LogP contribution in [0.2, 0.25) is 0 Å². The second-order valence-electron chi connectivity index (χ2n) is 8.59. The van der Waals surface area contributed by atoms with E-state index in [-0.39, 0.29) is 29.4 Å². The Morgan fingerprint density at radius 2 is 1.87 bits per heavy atom. The normalized spacial score (nSPS) is 16.6. The van der Waals surface area contributed by atoms with Crippen LogP contribution < -0.4 is 21.0 Å². The minimum absolute atomic E-state index is 0.0190. The summed E-state index contributed by atoms with van der Waals surface area (Å²) in [7, 11) is 0. The van der Waals surface area contributed by atoms with E-state index in [9.17, 15) is 40.7 Å². The SMILES string of the molecule is CC(COC(F)(F)F)NC(=O)c1cn(-c2c(F)cc(F)cc2F)c2nc(N3CC(C)NC3=O)ccc2c1=O. The number of fused-ring (bicyclic) bond motifs is 1. The molecule has 1 aromatic carbocycles. The number of nitrogens with one attached hydrogen (secondary N) is 2. The first-order valence-corrected chi connectivity index (χ1v) is 11.1. The summed E-state index contributed by atoms with van der Waals surface area (Å²) in [6.07, 6.45) is -4.22. The first-order chi connectivity index (χ1) is 17.7. The molecule has 2 aromatic heterocycles. The quantitative estimate of drug-likeness (QED) is 0.464. The zero-order valence-electron chi connectivity index (χ0n) is 19.7. The number of urea groups is 1. The average Bonchev–Trinajstić information content (AvgIpc) is 3.15. The second-order valence-corrected chi connectivity index (χ2v) is 8.59. The van der Waals surface area contributed by atoms with Crippen LogP contribution in [0.5, 0.6) is 0 Å². The molecule has 0 aliphatic carbocycles. The number of hydrogen-bond donors (Lipinski definition) is 2. The zero-order valence-corrected chi connectivity index (χ0v) is 19.7. The largest absolute Gasteiger partial charge is 0.522 e. The monoisotopic (exact) mass is 543 g/mol. The fraction of sp³-hybridized carbons (Fsp3) is 0.304. The number of anilines is 1. The standard InChI is InChI=1S/C23H19F6N5O4/c1-10-7-33(22(37)31-10)17-4-3-13-19(35)14(21(36)30-11(2)9-38-23(27,28)29)8-34(20(13)32-17)18-15(25)5-12(24)6-16(18)26/h3-6,8,10-11H,7,9H2,1-2H3,(H,30,36)(H,31,37). The van der Waals surface area contributed by atoms with Crippen LogP contribution in [-0.2, 0) is 4.74 Å². The fourth-order valence-electron chi connectivity index (χ4n) is 3.89. The van der Waals surface area contributed by atoms with Gasteiger partial charge in [-0.05, 0) is 26.0 Å². The number of amides is 3. The summed E-state index contributed by atoms with van der Waals surface area (Å²) < 4.78 is 84.5. The molecule has 202 valence electrons. The second kappa shape index (κ2) is 9.96. The van der Waals surface area contributed by atoms with E-state index in [1.54, 1.807) is 6.92 Å². The van der Waals surface area contributed by atoms with Gasteiger partial charge in [-0.3, -0.25) is 23.8 Å². The minimum atomic E-state index is -4.96. The maximum Gasteiger partial charge on any atom is 0.522 e. The van der Waals surface area contributed by atoms with Gasteiger partial charge in [0.15, 0.2) is 17.3 Å². The van der Waals surface area contributed by atoms with Crippen LogP contribution in [0.15, 0.2) is 35.3 Å². The summed E-state index contributed by atoms with van der Waals surface area (Å²) in [6, 6.07) is 1.23. The molecule has 0 spiro atoms. The van der Waals surface area contributed by atoms with Gasteiger partial charge in [0.2, 0.25) is 5.43 Å². The molecule has 15 heteroatoms. The molecule has 1 saturated heterocycles. The number of ether oxygens (including phenoxy) is 1. The van der Waals surface area contributed by atoms with E-state index in [0.29, 0.717) is 16.7 Å². The molecule has 1 aliphatic rings. The van der Waals surface area contributed by atoms with E-state index in [4.69, 9.17) is 0 Å². The van der Waals surface area contributed by atoms with Crippen molar-refractivity contribution in [3.8, 4) is 5.69 Å². The van der Waals surface area contributed by atoms with E-state index < -0.39 is 65.1 Å².